The number of nitrogens with one attached hydrogen (secondary N) is 2. The van der Waals surface area contributed by atoms with E-state index in [9.17, 15) is 9.59 Å². The zero-order valence-electron chi connectivity index (χ0n) is 21.5. The summed E-state index contributed by atoms with van der Waals surface area (Å²) in [6.07, 6.45) is 2.17. The fraction of sp³-hybridized carbons (Fsp3) is 0.370. The summed E-state index contributed by atoms with van der Waals surface area (Å²) in [6.45, 7) is 1.69. The third-order valence-corrected chi connectivity index (χ3v) is 6.98. The standard InChI is InChI=1S/C27H29N7O5/c1-37-22-7-6-17-12-23(22)38-11-10-34-13-18(31-32-34)16-39-24-15-33(14-21(24)30-27(17)36)26(35)9-8-25-28-19-4-2-3-5-20(19)29-25/h2-7,12-13,21,24H,8-11,14-16H2,1H3,(H,28,29)(H,30,36)/t21-,24-/m0/s1. The van der Waals surface area contributed by atoms with Gasteiger partial charge in [-0.2, -0.15) is 0 Å². The van der Waals surface area contributed by atoms with Gasteiger partial charge in [-0.1, -0.05) is 17.3 Å². The van der Waals surface area contributed by atoms with E-state index in [2.05, 4.69) is 25.6 Å². The van der Waals surface area contributed by atoms with E-state index >= 15 is 0 Å². The van der Waals surface area contributed by atoms with Crippen molar-refractivity contribution in [2.45, 2.75) is 38.1 Å². The first kappa shape index (κ1) is 24.9. The molecule has 4 heterocycles. The lowest BCUT2D eigenvalue weighted by Gasteiger charge is -2.20. The van der Waals surface area contributed by atoms with Crippen molar-refractivity contribution in [3.63, 3.8) is 0 Å². The Balaban J connectivity index is 1.18. The number of ether oxygens (including phenoxy) is 3. The van der Waals surface area contributed by atoms with E-state index in [0.717, 1.165) is 16.9 Å². The van der Waals surface area contributed by atoms with Gasteiger partial charge in [0.1, 0.15) is 18.1 Å². The number of H-pyrrole nitrogens is 1. The Labute approximate surface area is 224 Å². The highest BCUT2D eigenvalue weighted by molar-refractivity contribution is 5.95. The van der Waals surface area contributed by atoms with Crippen LogP contribution in [0.2, 0.25) is 0 Å². The molecule has 2 aliphatic heterocycles. The van der Waals surface area contributed by atoms with Gasteiger partial charge in [0.2, 0.25) is 5.91 Å². The Morgan fingerprint density at radius 3 is 2.97 bits per heavy atom. The molecule has 6 rings (SSSR count). The molecule has 2 amide bonds. The second-order valence-electron chi connectivity index (χ2n) is 9.62. The van der Waals surface area contributed by atoms with Gasteiger partial charge in [0.25, 0.3) is 5.91 Å². The number of benzene rings is 2. The zero-order valence-corrected chi connectivity index (χ0v) is 21.5. The molecule has 2 aromatic carbocycles. The molecule has 0 radical (unpaired) electrons. The average molecular weight is 532 g/mol. The summed E-state index contributed by atoms with van der Waals surface area (Å²) in [6, 6.07) is 12.4. The minimum absolute atomic E-state index is 0.0266. The number of hydrogen-bond acceptors (Lipinski definition) is 8. The van der Waals surface area contributed by atoms with Crippen LogP contribution in [0.25, 0.3) is 11.0 Å². The van der Waals surface area contributed by atoms with Gasteiger partial charge in [0.05, 0.1) is 49.6 Å². The van der Waals surface area contributed by atoms with Gasteiger partial charge in [-0.05, 0) is 30.3 Å². The van der Waals surface area contributed by atoms with Gasteiger partial charge >= 0.3 is 0 Å². The second kappa shape index (κ2) is 10.7. The van der Waals surface area contributed by atoms with Crippen LogP contribution in [0, 0.1) is 0 Å². The normalized spacial score (nSPS) is 19.5. The van der Waals surface area contributed by atoms with E-state index in [-0.39, 0.29) is 18.4 Å². The summed E-state index contributed by atoms with van der Waals surface area (Å²) in [4.78, 5) is 36.0. The monoisotopic (exact) mass is 531 g/mol. The quantitative estimate of drug-likeness (QED) is 0.406. The molecule has 1 saturated heterocycles. The van der Waals surface area contributed by atoms with Crippen LogP contribution in [0.3, 0.4) is 0 Å². The third-order valence-electron chi connectivity index (χ3n) is 6.98. The average Bonchev–Trinajstić information content (AvgIpc) is 3.68. The van der Waals surface area contributed by atoms with Crippen molar-refractivity contribution >= 4 is 22.8 Å². The Morgan fingerprint density at radius 1 is 1.21 bits per heavy atom. The number of nitrogens with zero attached hydrogens (tertiary/aromatic N) is 5. The molecule has 4 aromatic rings. The fourth-order valence-electron chi connectivity index (χ4n) is 4.93. The molecule has 2 aromatic heterocycles. The van der Waals surface area contributed by atoms with Crippen molar-refractivity contribution in [2.24, 2.45) is 0 Å². The van der Waals surface area contributed by atoms with Crippen LogP contribution in [0.5, 0.6) is 11.5 Å². The molecule has 4 bridgehead atoms. The van der Waals surface area contributed by atoms with E-state index in [1.807, 2.05) is 24.3 Å². The molecule has 39 heavy (non-hydrogen) atoms. The topological polar surface area (TPSA) is 136 Å². The molecular weight excluding hydrogens is 502 g/mol. The number of carbonyl (C=O) groups is 2. The molecule has 0 unspecified atom stereocenters. The number of carbonyl (C=O) groups excluding carboxylic acids is 2. The van der Waals surface area contributed by atoms with Gasteiger partial charge in [0, 0.05) is 31.5 Å². The first-order valence-corrected chi connectivity index (χ1v) is 12.9. The lowest BCUT2D eigenvalue weighted by atomic mass is 10.1. The number of rotatable bonds is 4. The predicted molar refractivity (Wildman–Crippen MR) is 139 cm³/mol. The largest absolute Gasteiger partial charge is 0.493 e. The molecule has 2 N–H and O–H groups in total. The Bertz CT molecular complexity index is 1470. The molecule has 0 aliphatic carbocycles. The molecule has 1 fully saturated rings. The van der Waals surface area contributed by atoms with Crippen LogP contribution in [-0.2, 0) is 29.1 Å². The van der Waals surface area contributed by atoms with Crippen LogP contribution in [0.15, 0.2) is 48.7 Å². The lowest BCUT2D eigenvalue weighted by molar-refractivity contribution is -0.130. The smallest absolute Gasteiger partial charge is 0.251 e. The summed E-state index contributed by atoms with van der Waals surface area (Å²) in [5.41, 5.74) is 2.90. The molecule has 2 aliphatic rings. The number of hydrogen-bond donors (Lipinski definition) is 2. The first-order chi connectivity index (χ1) is 19.1. The Morgan fingerprint density at radius 2 is 2.10 bits per heavy atom. The Kier molecular flexibility index (Phi) is 6.84. The molecule has 0 spiro atoms. The van der Waals surface area contributed by atoms with E-state index in [4.69, 9.17) is 14.2 Å². The third kappa shape index (κ3) is 5.41. The molecule has 202 valence electrons. The van der Waals surface area contributed by atoms with Crippen molar-refractivity contribution in [3.8, 4) is 11.5 Å². The fourth-order valence-corrected chi connectivity index (χ4v) is 4.93. The van der Waals surface area contributed by atoms with Crippen molar-refractivity contribution in [1.29, 1.82) is 0 Å². The summed E-state index contributed by atoms with van der Waals surface area (Å²) < 4.78 is 19.1. The summed E-state index contributed by atoms with van der Waals surface area (Å²) in [7, 11) is 1.55. The minimum atomic E-state index is -0.409. The van der Waals surface area contributed by atoms with Gasteiger partial charge < -0.3 is 29.4 Å². The number of likely N-dealkylation sites (tertiary alicyclic amines) is 1. The predicted octanol–water partition coefficient (Wildman–Crippen LogP) is 1.71. The SMILES string of the molecule is COc1ccc2cc1OCCn1cc(nn1)CO[C@H]1CN(C(=O)CCc3nc4ccccc4[nH]3)C[C@@H]1NC2=O. The molecular formula is C27H29N7O5. The number of amides is 2. The maximum atomic E-state index is 13.2. The van der Waals surface area contributed by atoms with Crippen LogP contribution >= 0.6 is 0 Å². The van der Waals surface area contributed by atoms with Crippen LogP contribution in [0.4, 0.5) is 0 Å². The Hall–Kier alpha value is -4.45. The summed E-state index contributed by atoms with van der Waals surface area (Å²) in [5.74, 6) is 1.45. The van der Waals surface area contributed by atoms with Crippen molar-refractivity contribution in [2.75, 3.05) is 26.8 Å². The number of aromatic nitrogens is 5. The van der Waals surface area contributed by atoms with Gasteiger partial charge in [-0.25, -0.2) is 9.67 Å². The van der Waals surface area contributed by atoms with Gasteiger partial charge in [0.15, 0.2) is 11.5 Å². The van der Waals surface area contributed by atoms with Crippen LogP contribution < -0.4 is 14.8 Å². The highest BCUT2D eigenvalue weighted by atomic mass is 16.5. The number of aromatic amines is 1. The molecule has 0 saturated carbocycles. The molecule has 12 nitrogen and oxygen atoms in total. The molecule has 2 atom stereocenters. The van der Waals surface area contributed by atoms with Crippen molar-refractivity contribution in [3.05, 3.63) is 65.7 Å². The summed E-state index contributed by atoms with van der Waals surface area (Å²) >= 11 is 0. The van der Waals surface area contributed by atoms with E-state index in [1.54, 1.807) is 41.1 Å². The number of para-hydroxylation sites is 2. The van der Waals surface area contributed by atoms with Gasteiger partial charge in [-0.15, -0.1) is 5.10 Å². The lowest BCUT2D eigenvalue weighted by Crippen LogP contribution is -2.44. The summed E-state index contributed by atoms with van der Waals surface area (Å²) in [5, 5.41) is 11.4. The number of aryl methyl sites for hydroxylation is 1. The van der Waals surface area contributed by atoms with E-state index in [1.165, 1.54) is 0 Å². The first-order valence-electron chi connectivity index (χ1n) is 12.9. The highest BCUT2D eigenvalue weighted by Gasteiger charge is 2.37. The van der Waals surface area contributed by atoms with Gasteiger partial charge in [-0.3, -0.25) is 9.59 Å². The van der Waals surface area contributed by atoms with Crippen molar-refractivity contribution in [1.82, 2.24) is 35.2 Å². The zero-order chi connectivity index (χ0) is 26.8. The maximum Gasteiger partial charge on any atom is 0.251 e. The van der Waals surface area contributed by atoms with Crippen LogP contribution in [0.1, 0.15) is 28.3 Å². The minimum Gasteiger partial charge on any atom is -0.493 e. The van der Waals surface area contributed by atoms with Crippen LogP contribution in [-0.4, -0.2) is 80.6 Å². The molecule has 12 heteroatoms. The van der Waals surface area contributed by atoms with E-state index in [0.29, 0.717) is 61.8 Å². The van der Waals surface area contributed by atoms with Crippen molar-refractivity contribution < 1.29 is 23.8 Å². The number of imidazole rings is 1. The van der Waals surface area contributed by atoms with E-state index < -0.39 is 12.1 Å². The number of fused-ring (bicyclic) bond motifs is 6. The highest BCUT2D eigenvalue weighted by Crippen LogP contribution is 2.28. The second-order valence-corrected chi connectivity index (χ2v) is 9.62. The number of methoxy groups -OCH3 is 1. The maximum absolute atomic E-state index is 13.2.